The fourth-order valence-electron chi connectivity index (χ4n) is 1.72. The third kappa shape index (κ3) is 5.95. The predicted octanol–water partition coefficient (Wildman–Crippen LogP) is 1.35. The summed E-state index contributed by atoms with van der Waals surface area (Å²) in [7, 11) is 0. The highest BCUT2D eigenvalue weighted by Crippen LogP contribution is 2.12. The summed E-state index contributed by atoms with van der Waals surface area (Å²) in [5.41, 5.74) is 1.25. The van der Waals surface area contributed by atoms with Crippen molar-refractivity contribution in [1.82, 2.24) is 10.6 Å². The minimum absolute atomic E-state index is 0.0479. The maximum absolute atomic E-state index is 11.7. The zero-order valence-electron chi connectivity index (χ0n) is 12.9. The first-order valence-corrected chi connectivity index (χ1v) is 7.07. The summed E-state index contributed by atoms with van der Waals surface area (Å²) in [4.78, 5) is 23.4. The van der Waals surface area contributed by atoms with Gasteiger partial charge in [0.25, 0.3) is 0 Å². The quantitative estimate of drug-likeness (QED) is 0.740. The average molecular weight is 292 g/mol. The highest BCUT2D eigenvalue weighted by atomic mass is 16.3. The van der Waals surface area contributed by atoms with Crippen LogP contribution in [0.25, 0.3) is 0 Å². The number of aliphatic hydroxyl groups is 1. The number of rotatable bonds is 6. The molecule has 1 aromatic rings. The van der Waals surface area contributed by atoms with Crippen molar-refractivity contribution in [2.45, 2.75) is 40.3 Å². The van der Waals surface area contributed by atoms with Crippen LogP contribution in [0, 0.1) is 5.41 Å². The number of carbonyl (C=O) groups is 2. The molecule has 1 aromatic carbocycles. The number of benzene rings is 1. The first kappa shape index (κ1) is 17.2. The van der Waals surface area contributed by atoms with Crippen molar-refractivity contribution >= 4 is 11.8 Å². The van der Waals surface area contributed by atoms with E-state index in [0.29, 0.717) is 13.1 Å². The molecular formula is C16H24N2O3. The largest absolute Gasteiger partial charge is 0.392 e. The van der Waals surface area contributed by atoms with Gasteiger partial charge in [-0.2, -0.15) is 0 Å². The summed E-state index contributed by atoms with van der Waals surface area (Å²) in [6.07, 6.45) is 0.239. The van der Waals surface area contributed by atoms with Gasteiger partial charge in [-0.1, -0.05) is 45.0 Å². The molecule has 5 nitrogen and oxygen atoms in total. The van der Waals surface area contributed by atoms with Gasteiger partial charge in [-0.3, -0.25) is 9.59 Å². The smallest absolute Gasteiger partial charge is 0.225 e. The Kier molecular flexibility index (Phi) is 6.37. The van der Waals surface area contributed by atoms with Gasteiger partial charge < -0.3 is 15.7 Å². The molecule has 0 aliphatic rings. The molecule has 0 spiro atoms. The molecule has 21 heavy (non-hydrogen) atoms. The molecule has 1 rings (SSSR count). The second-order valence-corrected chi connectivity index (χ2v) is 5.96. The van der Waals surface area contributed by atoms with E-state index in [-0.39, 0.29) is 24.8 Å². The summed E-state index contributed by atoms with van der Waals surface area (Å²) in [5, 5.41) is 14.7. The fraction of sp³-hybridized carbons (Fsp3) is 0.500. The third-order valence-electron chi connectivity index (χ3n) is 3.08. The zero-order valence-corrected chi connectivity index (χ0v) is 12.9. The number of nitrogens with one attached hydrogen (secondary N) is 2. The Bertz CT molecular complexity index is 493. The van der Waals surface area contributed by atoms with Crippen LogP contribution < -0.4 is 10.6 Å². The lowest BCUT2D eigenvalue weighted by molar-refractivity contribution is -0.128. The van der Waals surface area contributed by atoms with E-state index >= 15 is 0 Å². The fourth-order valence-corrected chi connectivity index (χ4v) is 1.72. The summed E-state index contributed by atoms with van der Waals surface area (Å²) < 4.78 is 0. The highest BCUT2D eigenvalue weighted by Gasteiger charge is 2.20. The second kappa shape index (κ2) is 7.78. The summed E-state index contributed by atoms with van der Waals surface area (Å²) in [6.45, 7) is 6.14. The molecule has 2 amide bonds. The van der Waals surface area contributed by atoms with E-state index in [9.17, 15) is 14.7 Å². The molecule has 0 unspecified atom stereocenters. The van der Waals surface area contributed by atoms with Crippen LogP contribution in [0.15, 0.2) is 24.3 Å². The zero-order chi connectivity index (χ0) is 15.9. The van der Waals surface area contributed by atoms with Gasteiger partial charge in [0, 0.05) is 24.9 Å². The van der Waals surface area contributed by atoms with Crippen molar-refractivity contribution in [3.8, 4) is 0 Å². The summed E-state index contributed by atoms with van der Waals surface area (Å²) in [5.74, 6) is -0.196. The molecule has 0 aliphatic heterocycles. The summed E-state index contributed by atoms with van der Waals surface area (Å²) in [6, 6.07) is 7.40. The molecular weight excluding hydrogens is 268 g/mol. The van der Waals surface area contributed by atoms with Crippen LogP contribution in [0.2, 0.25) is 0 Å². The predicted molar refractivity (Wildman–Crippen MR) is 81.3 cm³/mol. The lowest BCUT2D eigenvalue weighted by atomic mass is 9.96. The molecule has 0 radical (unpaired) electrons. The first-order chi connectivity index (χ1) is 9.84. The Morgan fingerprint density at radius 2 is 1.71 bits per heavy atom. The lowest BCUT2D eigenvalue weighted by Crippen LogP contribution is -2.37. The highest BCUT2D eigenvalue weighted by molar-refractivity contribution is 5.82. The van der Waals surface area contributed by atoms with Gasteiger partial charge in [0.1, 0.15) is 0 Å². The van der Waals surface area contributed by atoms with Crippen LogP contribution in [-0.4, -0.2) is 23.5 Å². The molecule has 0 heterocycles. The van der Waals surface area contributed by atoms with Crippen LogP contribution >= 0.6 is 0 Å². The minimum Gasteiger partial charge on any atom is -0.392 e. The van der Waals surface area contributed by atoms with E-state index in [4.69, 9.17) is 0 Å². The molecule has 116 valence electrons. The average Bonchev–Trinajstić information content (AvgIpc) is 2.44. The molecule has 3 N–H and O–H groups in total. The van der Waals surface area contributed by atoms with Gasteiger partial charge in [-0.25, -0.2) is 0 Å². The van der Waals surface area contributed by atoms with E-state index in [1.807, 2.05) is 45.0 Å². The normalized spacial score (nSPS) is 11.0. The molecule has 0 bridgehead atoms. The topological polar surface area (TPSA) is 78.4 Å². The van der Waals surface area contributed by atoms with Crippen LogP contribution in [-0.2, 0) is 22.7 Å². The molecule has 5 heteroatoms. The molecule has 0 saturated carbocycles. The Hall–Kier alpha value is -1.88. The van der Waals surface area contributed by atoms with Gasteiger partial charge in [-0.15, -0.1) is 0 Å². The van der Waals surface area contributed by atoms with Gasteiger partial charge >= 0.3 is 0 Å². The number of amides is 2. The minimum atomic E-state index is -0.448. The Labute approximate surface area is 125 Å². The number of hydrogen-bond donors (Lipinski definition) is 3. The van der Waals surface area contributed by atoms with Crippen molar-refractivity contribution in [2.24, 2.45) is 5.41 Å². The molecule has 0 atom stereocenters. The van der Waals surface area contributed by atoms with E-state index in [1.165, 1.54) is 0 Å². The Morgan fingerprint density at radius 1 is 1.10 bits per heavy atom. The van der Waals surface area contributed by atoms with Gasteiger partial charge in [0.2, 0.25) is 11.8 Å². The molecule has 0 aliphatic carbocycles. The van der Waals surface area contributed by atoms with Crippen LogP contribution in [0.5, 0.6) is 0 Å². The van der Waals surface area contributed by atoms with E-state index in [1.54, 1.807) is 0 Å². The van der Waals surface area contributed by atoms with Crippen molar-refractivity contribution in [3.05, 3.63) is 35.4 Å². The van der Waals surface area contributed by atoms with Crippen LogP contribution in [0.4, 0.5) is 0 Å². The first-order valence-electron chi connectivity index (χ1n) is 7.07. The van der Waals surface area contributed by atoms with Gasteiger partial charge in [0.05, 0.1) is 6.61 Å². The number of carbonyl (C=O) groups excluding carboxylic acids is 2. The number of aliphatic hydroxyl groups excluding tert-OH is 1. The van der Waals surface area contributed by atoms with E-state index < -0.39 is 5.41 Å². The third-order valence-corrected chi connectivity index (χ3v) is 3.08. The van der Waals surface area contributed by atoms with E-state index in [2.05, 4.69) is 10.6 Å². The molecule has 0 saturated heterocycles. The van der Waals surface area contributed by atoms with Crippen molar-refractivity contribution in [3.63, 3.8) is 0 Å². The standard InChI is InChI=1S/C16H24N2O3/c1-16(2,3)15(21)17-9-8-14(20)18-10-12-6-4-5-7-13(12)11-19/h4-7,19H,8-11H2,1-3H3,(H,17,21)(H,18,20). The van der Waals surface area contributed by atoms with Crippen LogP contribution in [0.1, 0.15) is 38.3 Å². The molecule has 0 aromatic heterocycles. The molecule has 0 fully saturated rings. The maximum atomic E-state index is 11.7. The van der Waals surface area contributed by atoms with Gasteiger partial charge in [-0.05, 0) is 11.1 Å². The van der Waals surface area contributed by atoms with Crippen LogP contribution in [0.3, 0.4) is 0 Å². The Morgan fingerprint density at radius 3 is 2.29 bits per heavy atom. The van der Waals surface area contributed by atoms with Crippen molar-refractivity contribution in [1.29, 1.82) is 0 Å². The maximum Gasteiger partial charge on any atom is 0.225 e. The Balaban J connectivity index is 2.33. The second-order valence-electron chi connectivity index (χ2n) is 5.96. The van der Waals surface area contributed by atoms with E-state index in [0.717, 1.165) is 11.1 Å². The lowest BCUT2D eigenvalue weighted by Gasteiger charge is -2.17. The van der Waals surface area contributed by atoms with Crippen molar-refractivity contribution in [2.75, 3.05) is 6.54 Å². The summed E-state index contributed by atoms with van der Waals surface area (Å²) >= 11 is 0. The number of hydrogen-bond acceptors (Lipinski definition) is 3. The van der Waals surface area contributed by atoms with Crippen molar-refractivity contribution < 1.29 is 14.7 Å². The van der Waals surface area contributed by atoms with Gasteiger partial charge in [0.15, 0.2) is 0 Å². The SMILES string of the molecule is CC(C)(C)C(=O)NCCC(=O)NCc1ccccc1CO. The monoisotopic (exact) mass is 292 g/mol.